The van der Waals surface area contributed by atoms with Crippen LogP contribution in [-0.4, -0.2) is 27.3 Å². The van der Waals surface area contributed by atoms with Crippen molar-refractivity contribution in [1.82, 2.24) is 14.9 Å². The Labute approximate surface area is 159 Å². The molecule has 8 heteroatoms. The Hall–Kier alpha value is -3.42. The molecule has 0 aliphatic heterocycles. The zero-order valence-electron chi connectivity index (χ0n) is 15.0. The van der Waals surface area contributed by atoms with E-state index in [1.807, 2.05) is 37.3 Å². The monoisotopic (exact) mass is 386 g/mol. The predicted molar refractivity (Wildman–Crippen MR) is 98.5 cm³/mol. The SMILES string of the molecule is CCN(Cc1ccccc1)C(=O)c1cc(Nc2ccc(F)c(F)c2F)ncn1. The van der Waals surface area contributed by atoms with Gasteiger partial charge in [-0.15, -0.1) is 0 Å². The number of carbonyl (C=O) groups is 1. The van der Waals surface area contributed by atoms with Crippen LogP contribution in [0.5, 0.6) is 0 Å². The highest BCUT2D eigenvalue weighted by atomic mass is 19.2. The summed E-state index contributed by atoms with van der Waals surface area (Å²) >= 11 is 0. The summed E-state index contributed by atoms with van der Waals surface area (Å²) in [7, 11) is 0. The molecule has 0 bridgehead atoms. The van der Waals surface area contributed by atoms with Gasteiger partial charge in [0.2, 0.25) is 0 Å². The Morgan fingerprint density at radius 3 is 2.50 bits per heavy atom. The predicted octanol–water partition coefficient (Wildman–Crippen LogP) is 4.30. The molecule has 3 rings (SSSR count). The van der Waals surface area contributed by atoms with Crippen LogP contribution in [0.25, 0.3) is 0 Å². The van der Waals surface area contributed by atoms with E-state index in [1.165, 1.54) is 6.07 Å². The van der Waals surface area contributed by atoms with E-state index in [0.717, 1.165) is 24.0 Å². The quantitative estimate of drug-likeness (QED) is 0.642. The zero-order valence-corrected chi connectivity index (χ0v) is 15.0. The molecule has 0 saturated heterocycles. The number of amides is 1. The van der Waals surface area contributed by atoms with E-state index in [-0.39, 0.29) is 23.1 Å². The second-order valence-electron chi connectivity index (χ2n) is 5.94. The minimum Gasteiger partial charge on any atom is -0.338 e. The molecular weight excluding hydrogens is 369 g/mol. The average Bonchev–Trinajstić information content (AvgIpc) is 2.73. The van der Waals surface area contributed by atoms with Gasteiger partial charge in [-0.1, -0.05) is 30.3 Å². The van der Waals surface area contributed by atoms with E-state index in [0.29, 0.717) is 13.1 Å². The Bertz CT molecular complexity index is 982. The molecule has 1 aromatic heterocycles. The maximum atomic E-state index is 13.8. The van der Waals surface area contributed by atoms with Crippen molar-refractivity contribution in [2.75, 3.05) is 11.9 Å². The molecular formula is C20H17F3N4O. The largest absolute Gasteiger partial charge is 0.338 e. The molecule has 0 spiro atoms. The third-order valence-corrected chi connectivity index (χ3v) is 4.07. The van der Waals surface area contributed by atoms with Crippen LogP contribution in [0.4, 0.5) is 24.7 Å². The number of aromatic nitrogens is 2. The van der Waals surface area contributed by atoms with Crippen molar-refractivity contribution in [3.8, 4) is 0 Å². The number of hydrogen-bond donors (Lipinski definition) is 1. The van der Waals surface area contributed by atoms with Gasteiger partial charge in [0.05, 0.1) is 5.69 Å². The second kappa shape index (κ2) is 8.51. The lowest BCUT2D eigenvalue weighted by molar-refractivity contribution is 0.0746. The molecule has 0 fully saturated rings. The van der Waals surface area contributed by atoms with Gasteiger partial charge in [0.15, 0.2) is 17.5 Å². The normalized spacial score (nSPS) is 10.6. The highest BCUT2D eigenvalue weighted by Crippen LogP contribution is 2.23. The number of carbonyl (C=O) groups excluding carboxylic acids is 1. The molecule has 144 valence electrons. The number of hydrogen-bond acceptors (Lipinski definition) is 4. The molecule has 0 aliphatic rings. The smallest absolute Gasteiger partial charge is 0.272 e. The minimum absolute atomic E-state index is 0.0824. The van der Waals surface area contributed by atoms with Crippen molar-refractivity contribution >= 4 is 17.4 Å². The fraction of sp³-hybridized carbons (Fsp3) is 0.150. The first-order valence-electron chi connectivity index (χ1n) is 8.55. The van der Waals surface area contributed by atoms with Crippen molar-refractivity contribution in [3.63, 3.8) is 0 Å². The minimum atomic E-state index is -1.59. The van der Waals surface area contributed by atoms with Crippen molar-refractivity contribution in [2.45, 2.75) is 13.5 Å². The van der Waals surface area contributed by atoms with Gasteiger partial charge in [-0.25, -0.2) is 23.1 Å². The number of nitrogens with zero attached hydrogens (tertiary/aromatic N) is 3. The average molecular weight is 386 g/mol. The lowest BCUT2D eigenvalue weighted by atomic mass is 10.2. The summed E-state index contributed by atoms with van der Waals surface area (Å²) < 4.78 is 40.3. The molecule has 1 heterocycles. The summed E-state index contributed by atoms with van der Waals surface area (Å²) in [5.74, 6) is -4.50. The van der Waals surface area contributed by atoms with Crippen LogP contribution in [0, 0.1) is 17.5 Å². The van der Waals surface area contributed by atoms with Gasteiger partial charge in [-0.2, -0.15) is 0 Å². The van der Waals surface area contributed by atoms with Crippen LogP contribution in [0.1, 0.15) is 23.0 Å². The van der Waals surface area contributed by atoms with Crippen LogP contribution >= 0.6 is 0 Å². The lowest BCUT2D eigenvalue weighted by Crippen LogP contribution is -2.31. The van der Waals surface area contributed by atoms with Crippen molar-refractivity contribution in [2.24, 2.45) is 0 Å². The maximum Gasteiger partial charge on any atom is 0.272 e. The summed E-state index contributed by atoms with van der Waals surface area (Å²) in [6.07, 6.45) is 1.14. The summed E-state index contributed by atoms with van der Waals surface area (Å²) in [5, 5.41) is 2.54. The first-order valence-corrected chi connectivity index (χ1v) is 8.55. The van der Waals surface area contributed by atoms with Gasteiger partial charge in [0.25, 0.3) is 5.91 Å². The van der Waals surface area contributed by atoms with Gasteiger partial charge in [0, 0.05) is 19.2 Å². The van der Waals surface area contributed by atoms with Gasteiger partial charge in [-0.3, -0.25) is 4.79 Å². The van der Waals surface area contributed by atoms with E-state index in [4.69, 9.17) is 0 Å². The zero-order chi connectivity index (χ0) is 20.1. The fourth-order valence-electron chi connectivity index (χ4n) is 2.60. The van der Waals surface area contributed by atoms with Crippen molar-refractivity contribution in [1.29, 1.82) is 0 Å². The number of benzene rings is 2. The standard InChI is InChI=1S/C20H17F3N4O/c1-2-27(11-13-6-4-3-5-7-13)20(28)16-10-17(25-12-24-16)26-15-9-8-14(21)18(22)19(15)23/h3-10,12H,2,11H2,1H3,(H,24,25,26). The van der Waals surface area contributed by atoms with E-state index >= 15 is 0 Å². The fourth-order valence-corrected chi connectivity index (χ4v) is 2.60. The molecule has 0 aliphatic carbocycles. The van der Waals surface area contributed by atoms with Crippen LogP contribution in [0.3, 0.4) is 0 Å². The molecule has 2 aromatic carbocycles. The molecule has 0 unspecified atom stereocenters. The second-order valence-corrected chi connectivity index (χ2v) is 5.94. The molecule has 1 N–H and O–H groups in total. The number of halogens is 3. The molecule has 0 atom stereocenters. The first-order chi connectivity index (χ1) is 13.5. The lowest BCUT2D eigenvalue weighted by Gasteiger charge is -2.20. The molecule has 5 nitrogen and oxygen atoms in total. The maximum absolute atomic E-state index is 13.8. The highest BCUT2D eigenvalue weighted by molar-refractivity contribution is 5.93. The van der Waals surface area contributed by atoms with Crippen LogP contribution < -0.4 is 5.32 Å². The van der Waals surface area contributed by atoms with Gasteiger partial charge >= 0.3 is 0 Å². The number of rotatable bonds is 6. The Kier molecular flexibility index (Phi) is 5.88. The summed E-state index contributed by atoms with van der Waals surface area (Å²) in [4.78, 5) is 22.3. The topological polar surface area (TPSA) is 58.1 Å². The summed E-state index contributed by atoms with van der Waals surface area (Å²) in [5.41, 5.74) is 0.764. The van der Waals surface area contributed by atoms with Gasteiger partial charge in [0.1, 0.15) is 17.8 Å². The van der Waals surface area contributed by atoms with Crippen molar-refractivity contribution in [3.05, 3.63) is 83.6 Å². The van der Waals surface area contributed by atoms with E-state index in [1.54, 1.807) is 4.90 Å². The summed E-state index contributed by atoms with van der Waals surface area (Å²) in [6.45, 7) is 2.71. The van der Waals surface area contributed by atoms with Crippen LogP contribution in [0.2, 0.25) is 0 Å². The molecule has 28 heavy (non-hydrogen) atoms. The van der Waals surface area contributed by atoms with Crippen molar-refractivity contribution < 1.29 is 18.0 Å². The Balaban J connectivity index is 1.80. The van der Waals surface area contributed by atoms with Gasteiger partial charge < -0.3 is 10.2 Å². The first kappa shape index (κ1) is 19.3. The highest BCUT2D eigenvalue weighted by Gasteiger charge is 2.18. The molecule has 1 amide bonds. The van der Waals surface area contributed by atoms with Crippen LogP contribution in [-0.2, 0) is 6.54 Å². The van der Waals surface area contributed by atoms with Crippen LogP contribution in [0.15, 0.2) is 54.9 Å². The molecule has 3 aromatic rings. The number of nitrogens with one attached hydrogen (secondary N) is 1. The summed E-state index contributed by atoms with van der Waals surface area (Å²) in [6, 6.07) is 12.7. The van der Waals surface area contributed by atoms with Gasteiger partial charge in [-0.05, 0) is 24.6 Å². The van der Waals surface area contributed by atoms with E-state index in [2.05, 4.69) is 15.3 Å². The Morgan fingerprint density at radius 1 is 1.04 bits per heavy atom. The van der Waals surface area contributed by atoms with E-state index in [9.17, 15) is 18.0 Å². The molecule has 0 radical (unpaired) electrons. The Morgan fingerprint density at radius 2 is 1.79 bits per heavy atom. The number of anilines is 2. The third kappa shape index (κ3) is 4.28. The van der Waals surface area contributed by atoms with E-state index < -0.39 is 17.5 Å². The molecule has 0 saturated carbocycles. The third-order valence-electron chi connectivity index (χ3n) is 4.07.